The SMILES string of the molecule is CCc1ccccc1CNC(=O)CCS(C)(=O)=O. The molecule has 0 fully saturated rings. The van der Waals surface area contributed by atoms with Crippen molar-refractivity contribution in [3.05, 3.63) is 35.4 Å². The van der Waals surface area contributed by atoms with Gasteiger partial charge in [0.25, 0.3) is 0 Å². The topological polar surface area (TPSA) is 63.2 Å². The Bertz CT molecular complexity index is 509. The van der Waals surface area contributed by atoms with Crippen molar-refractivity contribution in [2.45, 2.75) is 26.3 Å². The second-order valence-corrected chi connectivity index (χ2v) is 6.54. The second kappa shape index (κ2) is 6.54. The molecule has 1 aromatic rings. The van der Waals surface area contributed by atoms with Crippen molar-refractivity contribution >= 4 is 15.7 Å². The van der Waals surface area contributed by atoms with Gasteiger partial charge in [-0.15, -0.1) is 0 Å². The van der Waals surface area contributed by atoms with Crippen LogP contribution in [-0.2, 0) is 27.6 Å². The molecule has 0 unspecified atom stereocenters. The van der Waals surface area contributed by atoms with Gasteiger partial charge in [-0.3, -0.25) is 4.79 Å². The monoisotopic (exact) mass is 269 g/mol. The van der Waals surface area contributed by atoms with E-state index in [1.165, 1.54) is 5.56 Å². The van der Waals surface area contributed by atoms with Gasteiger partial charge in [-0.2, -0.15) is 0 Å². The summed E-state index contributed by atoms with van der Waals surface area (Å²) >= 11 is 0. The number of nitrogens with one attached hydrogen (secondary N) is 1. The van der Waals surface area contributed by atoms with Crippen LogP contribution >= 0.6 is 0 Å². The molecular formula is C13H19NO3S. The molecule has 0 aliphatic heterocycles. The van der Waals surface area contributed by atoms with E-state index in [1.54, 1.807) is 0 Å². The summed E-state index contributed by atoms with van der Waals surface area (Å²) in [5.41, 5.74) is 2.27. The summed E-state index contributed by atoms with van der Waals surface area (Å²) in [6, 6.07) is 7.89. The molecule has 5 heteroatoms. The molecular weight excluding hydrogens is 250 g/mol. The predicted molar refractivity (Wildman–Crippen MR) is 72.0 cm³/mol. The number of hydrogen-bond donors (Lipinski definition) is 1. The van der Waals surface area contributed by atoms with E-state index in [-0.39, 0.29) is 18.1 Å². The third-order valence-electron chi connectivity index (χ3n) is 2.68. The van der Waals surface area contributed by atoms with Crippen molar-refractivity contribution in [3.63, 3.8) is 0 Å². The quantitative estimate of drug-likeness (QED) is 0.846. The van der Waals surface area contributed by atoms with Crippen molar-refractivity contribution < 1.29 is 13.2 Å². The fourth-order valence-electron chi connectivity index (χ4n) is 1.64. The van der Waals surface area contributed by atoms with Gasteiger partial charge < -0.3 is 5.32 Å². The Labute approximate surface area is 108 Å². The van der Waals surface area contributed by atoms with Gasteiger partial charge in [-0.25, -0.2) is 8.42 Å². The highest BCUT2D eigenvalue weighted by atomic mass is 32.2. The molecule has 0 saturated carbocycles. The standard InChI is InChI=1S/C13H19NO3S/c1-3-11-6-4-5-7-12(11)10-14-13(15)8-9-18(2,16)17/h4-7H,3,8-10H2,1-2H3,(H,14,15). The van der Waals surface area contributed by atoms with Crippen LogP contribution in [0.3, 0.4) is 0 Å². The summed E-state index contributed by atoms with van der Waals surface area (Å²) in [4.78, 5) is 11.5. The third kappa shape index (κ3) is 5.31. The molecule has 1 aromatic carbocycles. The van der Waals surface area contributed by atoms with Gasteiger partial charge in [-0.05, 0) is 17.5 Å². The molecule has 0 spiro atoms. The Balaban J connectivity index is 2.47. The third-order valence-corrected chi connectivity index (χ3v) is 3.62. The number of carbonyl (C=O) groups excluding carboxylic acids is 1. The number of rotatable bonds is 6. The van der Waals surface area contributed by atoms with E-state index in [2.05, 4.69) is 12.2 Å². The Morgan fingerprint density at radius 3 is 2.39 bits per heavy atom. The molecule has 0 bridgehead atoms. The Morgan fingerprint density at radius 1 is 1.22 bits per heavy atom. The zero-order valence-electron chi connectivity index (χ0n) is 10.8. The van der Waals surface area contributed by atoms with Crippen LogP contribution in [0.25, 0.3) is 0 Å². The Morgan fingerprint density at radius 2 is 1.83 bits per heavy atom. The molecule has 0 saturated heterocycles. The number of hydrogen-bond acceptors (Lipinski definition) is 3. The fraction of sp³-hybridized carbons (Fsp3) is 0.462. The van der Waals surface area contributed by atoms with E-state index in [1.807, 2.05) is 24.3 Å². The van der Waals surface area contributed by atoms with Gasteiger partial charge in [0, 0.05) is 19.2 Å². The number of aryl methyl sites for hydroxylation is 1. The van der Waals surface area contributed by atoms with Gasteiger partial charge >= 0.3 is 0 Å². The lowest BCUT2D eigenvalue weighted by Crippen LogP contribution is -2.25. The molecule has 18 heavy (non-hydrogen) atoms. The van der Waals surface area contributed by atoms with Crippen LogP contribution in [0.4, 0.5) is 0 Å². The molecule has 0 aliphatic carbocycles. The summed E-state index contributed by atoms with van der Waals surface area (Å²) in [6.07, 6.45) is 2.06. The Kier molecular flexibility index (Phi) is 5.34. The number of sulfone groups is 1. The minimum absolute atomic E-state index is 0.0210. The van der Waals surface area contributed by atoms with Crippen molar-refractivity contribution in [3.8, 4) is 0 Å². The van der Waals surface area contributed by atoms with E-state index in [0.29, 0.717) is 6.54 Å². The normalized spacial score (nSPS) is 11.2. The zero-order chi connectivity index (χ0) is 13.6. The Hall–Kier alpha value is -1.36. The molecule has 1 amide bonds. The van der Waals surface area contributed by atoms with Gasteiger partial charge in [0.15, 0.2) is 0 Å². The van der Waals surface area contributed by atoms with Crippen LogP contribution in [0.1, 0.15) is 24.5 Å². The van der Waals surface area contributed by atoms with Crippen molar-refractivity contribution in [2.75, 3.05) is 12.0 Å². The van der Waals surface area contributed by atoms with Gasteiger partial charge in [0.05, 0.1) is 5.75 Å². The second-order valence-electron chi connectivity index (χ2n) is 4.28. The number of carbonyl (C=O) groups is 1. The summed E-state index contributed by atoms with van der Waals surface area (Å²) in [6.45, 7) is 2.51. The lowest BCUT2D eigenvalue weighted by Gasteiger charge is -2.09. The maximum atomic E-state index is 11.5. The first-order valence-corrected chi connectivity index (χ1v) is 7.99. The van der Waals surface area contributed by atoms with Crippen molar-refractivity contribution in [2.24, 2.45) is 0 Å². The lowest BCUT2D eigenvalue weighted by atomic mass is 10.1. The van der Waals surface area contributed by atoms with Crippen LogP contribution in [0.2, 0.25) is 0 Å². The summed E-state index contributed by atoms with van der Waals surface area (Å²) in [7, 11) is -3.08. The maximum Gasteiger partial charge on any atom is 0.221 e. The van der Waals surface area contributed by atoms with Crippen LogP contribution in [0.15, 0.2) is 24.3 Å². The fourth-order valence-corrected chi connectivity index (χ4v) is 2.19. The van der Waals surface area contributed by atoms with E-state index < -0.39 is 9.84 Å². The van der Waals surface area contributed by atoms with Crippen LogP contribution in [-0.4, -0.2) is 26.3 Å². The minimum Gasteiger partial charge on any atom is -0.352 e. The maximum absolute atomic E-state index is 11.5. The molecule has 1 rings (SSSR count). The highest BCUT2D eigenvalue weighted by molar-refractivity contribution is 7.90. The van der Waals surface area contributed by atoms with Gasteiger partial charge in [-0.1, -0.05) is 31.2 Å². The largest absolute Gasteiger partial charge is 0.352 e. The van der Waals surface area contributed by atoms with Crippen molar-refractivity contribution in [1.29, 1.82) is 0 Å². The van der Waals surface area contributed by atoms with E-state index in [0.717, 1.165) is 18.2 Å². The summed E-state index contributed by atoms with van der Waals surface area (Å²) < 4.78 is 21.9. The number of benzene rings is 1. The molecule has 0 aliphatic rings. The predicted octanol–water partition coefficient (Wildman–Crippen LogP) is 1.30. The summed E-state index contributed by atoms with van der Waals surface area (Å²) in [5.74, 6) is -0.333. The molecule has 0 heterocycles. The zero-order valence-corrected chi connectivity index (χ0v) is 11.6. The van der Waals surface area contributed by atoms with Crippen LogP contribution in [0.5, 0.6) is 0 Å². The van der Waals surface area contributed by atoms with Gasteiger partial charge in [0.2, 0.25) is 5.91 Å². The first-order valence-electron chi connectivity index (χ1n) is 5.93. The lowest BCUT2D eigenvalue weighted by molar-refractivity contribution is -0.120. The molecule has 0 atom stereocenters. The average Bonchev–Trinajstić information content (AvgIpc) is 2.33. The average molecular weight is 269 g/mol. The first-order chi connectivity index (χ1) is 8.42. The van der Waals surface area contributed by atoms with Crippen molar-refractivity contribution in [1.82, 2.24) is 5.32 Å². The molecule has 0 radical (unpaired) electrons. The molecule has 0 aromatic heterocycles. The van der Waals surface area contributed by atoms with E-state index in [4.69, 9.17) is 0 Å². The van der Waals surface area contributed by atoms with E-state index in [9.17, 15) is 13.2 Å². The molecule has 1 N–H and O–H groups in total. The van der Waals surface area contributed by atoms with Crippen LogP contribution < -0.4 is 5.32 Å². The highest BCUT2D eigenvalue weighted by Crippen LogP contribution is 2.08. The number of amides is 1. The molecule has 4 nitrogen and oxygen atoms in total. The van der Waals surface area contributed by atoms with E-state index >= 15 is 0 Å². The molecule has 100 valence electrons. The summed E-state index contributed by atoms with van der Waals surface area (Å²) in [5, 5.41) is 2.74. The minimum atomic E-state index is -3.08. The highest BCUT2D eigenvalue weighted by Gasteiger charge is 2.08. The smallest absolute Gasteiger partial charge is 0.221 e. The van der Waals surface area contributed by atoms with Gasteiger partial charge in [0.1, 0.15) is 9.84 Å². The first kappa shape index (κ1) is 14.7. The van der Waals surface area contributed by atoms with Crippen LogP contribution in [0, 0.1) is 0 Å².